The molecule has 7 heteroatoms. The normalized spacial score (nSPS) is 11.5. The maximum absolute atomic E-state index is 12.7. The summed E-state index contributed by atoms with van der Waals surface area (Å²) in [4.78, 5) is 24.5. The van der Waals surface area contributed by atoms with Crippen molar-refractivity contribution in [3.8, 4) is 11.4 Å². The SMILES string of the molecule is COC(=O)CC(NC(=O)c1cnn(-c2ccccc2)c1)c1ccc(OC)cc1. The van der Waals surface area contributed by atoms with Crippen molar-refractivity contribution in [1.82, 2.24) is 15.1 Å². The molecule has 144 valence electrons. The van der Waals surface area contributed by atoms with E-state index in [2.05, 4.69) is 10.4 Å². The standard InChI is InChI=1S/C21H21N3O4/c1-27-18-10-8-15(9-11-18)19(12-20(25)28-2)23-21(26)16-13-22-24(14-16)17-6-4-3-5-7-17/h3-11,13-14,19H,12H2,1-2H3,(H,23,26). The molecule has 28 heavy (non-hydrogen) atoms. The number of rotatable bonds is 7. The van der Waals surface area contributed by atoms with Crippen LogP contribution in [0.2, 0.25) is 0 Å². The van der Waals surface area contributed by atoms with Crippen LogP contribution < -0.4 is 10.1 Å². The molecule has 1 atom stereocenters. The smallest absolute Gasteiger partial charge is 0.307 e. The van der Waals surface area contributed by atoms with Crippen LogP contribution in [0.15, 0.2) is 67.0 Å². The molecule has 0 aliphatic heterocycles. The average molecular weight is 379 g/mol. The Bertz CT molecular complexity index is 936. The molecule has 2 aromatic carbocycles. The van der Waals surface area contributed by atoms with Crippen molar-refractivity contribution >= 4 is 11.9 Å². The highest BCUT2D eigenvalue weighted by Crippen LogP contribution is 2.21. The molecule has 0 spiro atoms. The van der Waals surface area contributed by atoms with E-state index < -0.39 is 12.0 Å². The van der Waals surface area contributed by atoms with Crippen LogP contribution in [-0.2, 0) is 9.53 Å². The van der Waals surface area contributed by atoms with Crippen molar-refractivity contribution in [3.63, 3.8) is 0 Å². The zero-order valence-electron chi connectivity index (χ0n) is 15.7. The lowest BCUT2D eigenvalue weighted by Gasteiger charge is -2.18. The van der Waals surface area contributed by atoms with E-state index >= 15 is 0 Å². The van der Waals surface area contributed by atoms with Gasteiger partial charge in [-0.1, -0.05) is 30.3 Å². The van der Waals surface area contributed by atoms with E-state index in [0.29, 0.717) is 11.3 Å². The summed E-state index contributed by atoms with van der Waals surface area (Å²) in [5, 5.41) is 7.12. The summed E-state index contributed by atoms with van der Waals surface area (Å²) in [5.74, 6) is -0.0518. The highest BCUT2D eigenvalue weighted by molar-refractivity contribution is 5.94. The van der Waals surface area contributed by atoms with E-state index in [0.717, 1.165) is 11.3 Å². The zero-order chi connectivity index (χ0) is 19.9. The Balaban J connectivity index is 1.78. The van der Waals surface area contributed by atoms with Crippen molar-refractivity contribution in [2.24, 2.45) is 0 Å². The van der Waals surface area contributed by atoms with Crippen LogP contribution in [0, 0.1) is 0 Å². The molecule has 1 amide bonds. The zero-order valence-corrected chi connectivity index (χ0v) is 15.7. The van der Waals surface area contributed by atoms with Gasteiger partial charge in [-0.15, -0.1) is 0 Å². The molecule has 1 N–H and O–H groups in total. The molecule has 3 rings (SSSR count). The van der Waals surface area contributed by atoms with Gasteiger partial charge >= 0.3 is 5.97 Å². The molecule has 1 aromatic heterocycles. The topological polar surface area (TPSA) is 82.5 Å². The third kappa shape index (κ3) is 4.56. The third-order valence-corrected chi connectivity index (χ3v) is 4.29. The number of methoxy groups -OCH3 is 2. The maximum atomic E-state index is 12.7. The number of carbonyl (C=O) groups excluding carboxylic acids is 2. The first-order valence-electron chi connectivity index (χ1n) is 8.72. The number of nitrogens with zero attached hydrogens (tertiary/aromatic N) is 2. The van der Waals surface area contributed by atoms with Crippen molar-refractivity contribution in [3.05, 3.63) is 78.1 Å². The largest absolute Gasteiger partial charge is 0.497 e. The minimum absolute atomic E-state index is 0.0153. The lowest BCUT2D eigenvalue weighted by atomic mass is 10.0. The molecule has 0 saturated carbocycles. The molecular weight excluding hydrogens is 358 g/mol. The van der Waals surface area contributed by atoms with Crippen molar-refractivity contribution in [2.45, 2.75) is 12.5 Å². The van der Waals surface area contributed by atoms with Gasteiger partial charge in [0.2, 0.25) is 0 Å². The number of para-hydroxylation sites is 1. The lowest BCUT2D eigenvalue weighted by Crippen LogP contribution is -2.30. The van der Waals surface area contributed by atoms with E-state index in [1.165, 1.54) is 13.3 Å². The fraction of sp³-hybridized carbons (Fsp3) is 0.190. The highest BCUT2D eigenvalue weighted by Gasteiger charge is 2.21. The van der Waals surface area contributed by atoms with Gasteiger partial charge in [-0.3, -0.25) is 9.59 Å². The highest BCUT2D eigenvalue weighted by atomic mass is 16.5. The number of benzene rings is 2. The molecule has 0 aliphatic rings. The number of ether oxygens (including phenoxy) is 2. The monoisotopic (exact) mass is 379 g/mol. The Morgan fingerprint density at radius 3 is 2.43 bits per heavy atom. The second-order valence-corrected chi connectivity index (χ2v) is 6.09. The predicted octanol–water partition coefficient (Wildman–Crippen LogP) is 2.92. The Kier molecular flexibility index (Phi) is 6.06. The van der Waals surface area contributed by atoms with Gasteiger partial charge in [0.25, 0.3) is 5.91 Å². The second kappa shape index (κ2) is 8.85. The van der Waals surface area contributed by atoms with Gasteiger partial charge in [0.05, 0.1) is 44.1 Å². The fourth-order valence-corrected chi connectivity index (χ4v) is 2.74. The molecule has 0 saturated heterocycles. The van der Waals surface area contributed by atoms with Crippen molar-refractivity contribution < 1.29 is 19.1 Å². The van der Waals surface area contributed by atoms with Gasteiger partial charge in [0.15, 0.2) is 0 Å². The van der Waals surface area contributed by atoms with Crippen LogP contribution >= 0.6 is 0 Å². The van der Waals surface area contributed by atoms with Crippen LogP contribution in [0.4, 0.5) is 0 Å². The van der Waals surface area contributed by atoms with Crippen LogP contribution in [0.3, 0.4) is 0 Å². The number of hydrogen-bond acceptors (Lipinski definition) is 5. The van der Waals surface area contributed by atoms with Crippen LogP contribution in [-0.4, -0.2) is 35.9 Å². The van der Waals surface area contributed by atoms with Gasteiger partial charge in [-0.2, -0.15) is 5.10 Å². The summed E-state index contributed by atoms with van der Waals surface area (Å²) in [7, 11) is 2.90. The Morgan fingerprint density at radius 1 is 1.07 bits per heavy atom. The van der Waals surface area contributed by atoms with E-state index in [-0.39, 0.29) is 12.3 Å². The molecule has 0 aliphatic carbocycles. The van der Waals surface area contributed by atoms with E-state index in [1.807, 2.05) is 30.3 Å². The first-order chi connectivity index (χ1) is 13.6. The quantitative estimate of drug-likeness (QED) is 0.638. The van der Waals surface area contributed by atoms with E-state index in [4.69, 9.17) is 9.47 Å². The number of nitrogens with one attached hydrogen (secondary N) is 1. The minimum atomic E-state index is -0.536. The Labute approximate surface area is 162 Å². The fourth-order valence-electron chi connectivity index (χ4n) is 2.74. The molecule has 0 fully saturated rings. The van der Waals surface area contributed by atoms with Crippen molar-refractivity contribution in [2.75, 3.05) is 14.2 Å². The summed E-state index contributed by atoms with van der Waals surface area (Å²) in [6.07, 6.45) is 3.15. The number of amides is 1. The second-order valence-electron chi connectivity index (χ2n) is 6.09. The number of esters is 1. The van der Waals surface area contributed by atoms with Gasteiger partial charge in [-0.25, -0.2) is 4.68 Å². The van der Waals surface area contributed by atoms with Gasteiger partial charge in [-0.05, 0) is 29.8 Å². The average Bonchev–Trinajstić information content (AvgIpc) is 3.24. The van der Waals surface area contributed by atoms with Crippen LogP contribution in [0.5, 0.6) is 5.75 Å². The molecule has 0 bridgehead atoms. The maximum Gasteiger partial charge on any atom is 0.307 e. The Hall–Kier alpha value is -3.61. The summed E-state index contributed by atoms with van der Waals surface area (Å²) in [6.45, 7) is 0. The van der Waals surface area contributed by atoms with Gasteiger partial charge < -0.3 is 14.8 Å². The lowest BCUT2D eigenvalue weighted by molar-refractivity contribution is -0.141. The van der Waals surface area contributed by atoms with Gasteiger partial charge in [0.1, 0.15) is 5.75 Å². The van der Waals surface area contributed by atoms with Crippen molar-refractivity contribution in [1.29, 1.82) is 0 Å². The molecule has 1 unspecified atom stereocenters. The summed E-state index contributed by atoms with van der Waals surface area (Å²) in [6, 6.07) is 16.1. The van der Waals surface area contributed by atoms with E-state index in [9.17, 15) is 9.59 Å². The third-order valence-electron chi connectivity index (χ3n) is 4.29. The van der Waals surface area contributed by atoms with E-state index in [1.54, 1.807) is 42.3 Å². The summed E-state index contributed by atoms with van der Waals surface area (Å²) < 4.78 is 11.5. The molecule has 7 nitrogen and oxygen atoms in total. The van der Waals surface area contributed by atoms with Crippen LogP contribution in [0.1, 0.15) is 28.4 Å². The predicted molar refractivity (Wildman–Crippen MR) is 103 cm³/mol. The minimum Gasteiger partial charge on any atom is -0.497 e. The number of aromatic nitrogens is 2. The first kappa shape index (κ1) is 19.2. The first-order valence-corrected chi connectivity index (χ1v) is 8.72. The molecule has 0 radical (unpaired) electrons. The molecular formula is C21H21N3O4. The van der Waals surface area contributed by atoms with Gasteiger partial charge in [0, 0.05) is 6.20 Å². The molecule has 3 aromatic rings. The molecule has 1 heterocycles. The number of carbonyl (C=O) groups is 2. The summed E-state index contributed by atoms with van der Waals surface area (Å²) in [5.41, 5.74) is 2.02. The van der Waals surface area contributed by atoms with Crippen LogP contribution in [0.25, 0.3) is 5.69 Å². The number of hydrogen-bond donors (Lipinski definition) is 1. The summed E-state index contributed by atoms with van der Waals surface area (Å²) >= 11 is 0. The Morgan fingerprint density at radius 2 is 1.79 bits per heavy atom.